The van der Waals surface area contributed by atoms with Crippen molar-refractivity contribution in [3.8, 4) is 17.1 Å². The Balaban J connectivity index is 1.83. The molecule has 124 valence electrons. The second-order valence-corrected chi connectivity index (χ2v) is 5.87. The number of aromatic amines is 1. The first-order valence-corrected chi connectivity index (χ1v) is 7.88. The summed E-state index contributed by atoms with van der Waals surface area (Å²) in [5.74, 6) is 6.53. The van der Waals surface area contributed by atoms with Gasteiger partial charge in [0.1, 0.15) is 6.61 Å². The van der Waals surface area contributed by atoms with E-state index in [1.807, 2.05) is 56.4 Å². The van der Waals surface area contributed by atoms with Gasteiger partial charge in [-0.05, 0) is 31.0 Å². The predicted molar refractivity (Wildman–Crippen MR) is 96.9 cm³/mol. The summed E-state index contributed by atoms with van der Waals surface area (Å²) in [5.41, 5.74) is 6.22. The van der Waals surface area contributed by atoms with Gasteiger partial charge in [0, 0.05) is 18.2 Å². The molecule has 5 nitrogen and oxygen atoms in total. The molecule has 1 heterocycles. The molecule has 3 rings (SSSR count). The number of benzene rings is 2. The summed E-state index contributed by atoms with van der Waals surface area (Å²) >= 11 is 0. The Morgan fingerprint density at radius 1 is 1.08 bits per heavy atom. The molecular formula is C19H22N4O. The fourth-order valence-corrected chi connectivity index (χ4v) is 2.75. The number of anilines is 1. The molecule has 2 aromatic carbocycles. The Hall–Kier alpha value is -2.79. The second-order valence-electron chi connectivity index (χ2n) is 5.87. The molecule has 0 aliphatic heterocycles. The first-order valence-electron chi connectivity index (χ1n) is 7.88. The summed E-state index contributed by atoms with van der Waals surface area (Å²) in [6.45, 7) is 4.48. The van der Waals surface area contributed by atoms with Crippen molar-refractivity contribution < 1.29 is 4.74 Å². The number of H-pyrrole nitrogens is 1. The van der Waals surface area contributed by atoms with Gasteiger partial charge in [-0.3, -0.25) is 5.10 Å². The maximum atomic E-state index is 5.97. The van der Waals surface area contributed by atoms with Crippen LogP contribution in [0.25, 0.3) is 11.3 Å². The van der Waals surface area contributed by atoms with E-state index in [0.717, 1.165) is 33.6 Å². The van der Waals surface area contributed by atoms with Crippen LogP contribution in [0.1, 0.15) is 16.7 Å². The Bertz CT molecular complexity index is 825. The number of nitrogens with zero attached hydrogens (tertiary/aromatic N) is 2. The average molecular weight is 322 g/mol. The molecule has 0 atom stereocenters. The predicted octanol–water partition coefficient (Wildman–Crippen LogP) is 3.58. The van der Waals surface area contributed by atoms with E-state index in [4.69, 9.17) is 10.6 Å². The number of hydrogen-bond acceptors (Lipinski definition) is 4. The summed E-state index contributed by atoms with van der Waals surface area (Å²) in [6.07, 6.45) is 0. The van der Waals surface area contributed by atoms with E-state index in [0.29, 0.717) is 12.5 Å². The minimum atomic E-state index is 0.420. The van der Waals surface area contributed by atoms with Crippen LogP contribution < -0.4 is 15.6 Å². The Labute approximate surface area is 142 Å². The summed E-state index contributed by atoms with van der Waals surface area (Å²) in [7, 11) is 1.82. The minimum absolute atomic E-state index is 0.420. The van der Waals surface area contributed by atoms with E-state index in [2.05, 4.69) is 23.2 Å². The molecule has 0 unspecified atom stereocenters. The molecule has 0 bridgehead atoms. The molecule has 0 radical (unpaired) electrons. The van der Waals surface area contributed by atoms with Crippen LogP contribution in [0.4, 0.5) is 5.69 Å². The highest BCUT2D eigenvalue weighted by atomic mass is 16.5. The highest BCUT2D eigenvalue weighted by Crippen LogP contribution is 2.29. The SMILES string of the molecule is Cc1cccc(N(C)N)c1COc1n[nH]c(-c2ccccc2)c1C. The van der Waals surface area contributed by atoms with Crippen molar-refractivity contribution >= 4 is 5.69 Å². The lowest BCUT2D eigenvalue weighted by Gasteiger charge is -2.18. The van der Waals surface area contributed by atoms with Crippen molar-refractivity contribution in [2.24, 2.45) is 5.84 Å². The molecule has 3 aromatic rings. The van der Waals surface area contributed by atoms with Crippen LogP contribution in [0.5, 0.6) is 5.88 Å². The highest BCUT2D eigenvalue weighted by molar-refractivity contribution is 5.64. The smallest absolute Gasteiger partial charge is 0.236 e. The zero-order chi connectivity index (χ0) is 17.1. The third kappa shape index (κ3) is 3.12. The molecule has 0 saturated carbocycles. The van der Waals surface area contributed by atoms with Crippen LogP contribution in [-0.2, 0) is 6.61 Å². The fraction of sp³-hybridized carbons (Fsp3) is 0.211. The molecular weight excluding hydrogens is 300 g/mol. The zero-order valence-electron chi connectivity index (χ0n) is 14.2. The number of aryl methyl sites for hydroxylation is 1. The number of nitrogens with two attached hydrogens (primary N) is 1. The van der Waals surface area contributed by atoms with E-state index < -0.39 is 0 Å². The summed E-state index contributed by atoms with van der Waals surface area (Å²) in [4.78, 5) is 0. The molecule has 3 N–H and O–H groups in total. The van der Waals surface area contributed by atoms with Gasteiger partial charge in [-0.25, -0.2) is 5.84 Å². The van der Waals surface area contributed by atoms with Gasteiger partial charge in [-0.15, -0.1) is 5.10 Å². The van der Waals surface area contributed by atoms with Crippen LogP contribution in [0, 0.1) is 13.8 Å². The monoisotopic (exact) mass is 322 g/mol. The normalized spacial score (nSPS) is 10.7. The topological polar surface area (TPSA) is 67.2 Å². The Kier molecular flexibility index (Phi) is 4.53. The Morgan fingerprint density at radius 2 is 1.83 bits per heavy atom. The number of hydrogen-bond donors (Lipinski definition) is 2. The van der Waals surface area contributed by atoms with E-state index in [1.54, 1.807) is 5.01 Å². The van der Waals surface area contributed by atoms with Gasteiger partial charge in [0.15, 0.2) is 0 Å². The van der Waals surface area contributed by atoms with Crippen molar-refractivity contribution in [3.63, 3.8) is 0 Å². The van der Waals surface area contributed by atoms with Gasteiger partial charge in [-0.1, -0.05) is 42.5 Å². The summed E-state index contributed by atoms with van der Waals surface area (Å²) in [6, 6.07) is 16.1. The van der Waals surface area contributed by atoms with E-state index in [9.17, 15) is 0 Å². The number of hydrazine groups is 1. The molecule has 1 aromatic heterocycles. The van der Waals surface area contributed by atoms with Crippen molar-refractivity contribution in [2.75, 3.05) is 12.1 Å². The molecule has 0 saturated heterocycles. The number of aromatic nitrogens is 2. The third-order valence-electron chi connectivity index (χ3n) is 4.15. The average Bonchev–Trinajstić information content (AvgIpc) is 2.95. The van der Waals surface area contributed by atoms with Gasteiger partial charge in [-0.2, -0.15) is 0 Å². The van der Waals surface area contributed by atoms with Crippen LogP contribution in [0.3, 0.4) is 0 Å². The molecule has 0 amide bonds. The number of rotatable bonds is 5. The van der Waals surface area contributed by atoms with Gasteiger partial charge < -0.3 is 9.75 Å². The fourth-order valence-electron chi connectivity index (χ4n) is 2.75. The van der Waals surface area contributed by atoms with Gasteiger partial charge in [0.2, 0.25) is 5.88 Å². The third-order valence-corrected chi connectivity index (χ3v) is 4.15. The zero-order valence-corrected chi connectivity index (χ0v) is 14.2. The van der Waals surface area contributed by atoms with E-state index >= 15 is 0 Å². The molecule has 0 aliphatic carbocycles. The Morgan fingerprint density at radius 3 is 2.54 bits per heavy atom. The minimum Gasteiger partial charge on any atom is -0.471 e. The van der Waals surface area contributed by atoms with Crippen molar-refractivity contribution in [2.45, 2.75) is 20.5 Å². The van der Waals surface area contributed by atoms with Gasteiger partial charge >= 0.3 is 0 Å². The molecule has 0 aliphatic rings. The maximum Gasteiger partial charge on any atom is 0.236 e. The molecule has 0 spiro atoms. The second kappa shape index (κ2) is 6.76. The summed E-state index contributed by atoms with van der Waals surface area (Å²) in [5, 5.41) is 9.00. The van der Waals surface area contributed by atoms with E-state index in [-0.39, 0.29) is 0 Å². The van der Waals surface area contributed by atoms with Gasteiger partial charge in [0.05, 0.1) is 11.4 Å². The van der Waals surface area contributed by atoms with Crippen LogP contribution in [-0.4, -0.2) is 17.2 Å². The van der Waals surface area contributed by atoms with Crippen LogP contribution in [0.15, 0.2) is 48.5 Å². The molecule has 5 heteroatoms. The van der Waals surface area contributed by atoms with Crippen molar-refractivity contribution in [1.82, 2.24) is 10.2 Å². The number of nitrogens with one attached hydrogen (secondary N) is 1. The quantitative estimate of drug-likeness (QED) is 0.556. The van der Waals surface area contributed by atoms with Crippen LogP contribution >= 0.6 is 0 Å². The first-order chi connectivity index (χ1) is 11.6. The lowest BCUT2D eigenvalue weighted by molar-refractivity contribution is 0.291. The number of ether oxygens (including phenoxy) is 1. The molecule has 0 fully saturated rings. The summed E-state index contributed by atoms with van der Waals surface area (Å²) < 4.78 is 5.97. The lowest BCUT2D eigenvalue weighted by atomic mass is 10.1. The lowest BCUT2D eigenvalue weighted by Crippen LogP contribution is -2.26. The highest BCUT2D eigenvalue weighted by Gasteiger charge is 2.14. The van der Waals surface area contributed by atoms with Crippen molar-refractivity contribution in [1.29, 1.82) is 0 Å². The standard InChI is InChI=1S/C19H22N4O/c1-13-8-7-11-17(23(3)20)16(13)12-24-19-14(2)18(21-22-19)15-9-5-4-6-10-15/h4-11H,12,20H2,1-3H3,(H,21,22). The molecule has 24 heavy (non-hydrogen) atoms. The van der Waals surface area contributed by atoms with Crippen molar-refractivity contribution in [3.05, 3.63) is 65.2 Å². The first kappa shape index (κ1) is 16.1. The van der Waals surface area contributed by atoms with E-state index in [1.165, 1.54) is 0 Å². The largest absolute Gasteiger partial charge is 0.471 e. The van der Waals surface area contributed by atoms with Crippen LogP contribution in [0.2, 0.25) is 0 Å². The maximum absolute atomic E-state index is 5.97. The van der Waals surface area contributed by atoms with Gasteiger partial charge in [0.25, 0.3) is 0 Å².